The lowest BCUT2D eigenvalue weighted by Crippen LogP contribution is -2.41. The van der Waals surface area contributed by atoms with Crippen LogP contribution in [-0.4, -0.2) is 41.8 Å². The van der Waals surface area contributed by atoms with Crippen molar-refractivity contribution in [2.45, 2.75) is 69.9 Å². The van der Waals surface area contributed by atoms with Crippen LogP contribution in [0.15, 0.2) is 48.5 Å². The molecule has 2 aliphatic rings. The summed E-state index contributed by atoms with van der Waals surface area (Å²) in [6.45, 7) is 2.26. The average molecular weight is 479 g/mol. The summed E-state index contributed by atoms with van der Waals surface area (Å²) in [6.07, 6.45) is 4.19. The van der Waals surface area contributed by atoms with E-state index in [0.717, 1.165) is 25.7 Å². The molecular weight excluding hydrogens is 444 g/mol. The molecule has 1 saturated carbocycles. The summed E-state index contributed by atoms with van der Waals surface area (Å²) in [6, 6.07) is 15.6. The second kappa shape index (κ2) is 11.4. The number of aliphatic carboxylic acids is 1. The molecule has 0 heterocycles. The molecule has 2 aromatic carbocycles. The summed E-state index contributed by atoms with van der Waals surface area (Å²) in [4.78, 5) is 36.3. The number of carbonyl (C=O) groups excluding carboxylic acids is 2. The zero-order valence-corrected chi connectivity index (χ0v) is 20.2. The molecule has 7 nitrogen and oxygen atoms in total. The molecule has 3 N–H and O–H groups in total. The van der Waals surface area contributed by atoms with Gasteiger partial charge in [0.15, 0.2) is 0 Å². The topological polar surface area (TPSA) is 105 Å². The minimum atomic E-state index is -0.993. The molecule has 0 radical (unpaired) electrons. The van der Waals surface area contributed by atoms with Gasteiger partial charge in [-0.05, 0) is 53.9 Å². The third kappa shape index (κ3) is 6.02. The van der Waals surface area contributed by atoms with Crippen molar-refractivity contribution in [3.8, 4) is 11.1 Å². The van der Waals surface area contributed by atoms with E-state index in [9.17, 15) is 19.5 Å². The third-order valence-corrected chi connectivity index (χ3v) is 7.16. The molecule has 2 aromatic rings. The van der Waals surface area contributed by atoms with Gasteiger partial charge in [-0.25, -0.2) is 9.59 Å². The fourth-order valence-corrected chi connectivity index (χ4v) is 5.38. The first-order valence-electron chi connectivity index (χ1n) is 12.6. The van der Waals surface area contributed by atoms with E-state index in [1.165, 1.54) is 22.3 Å². The lowest BCUT2D eigenvalue weighted by Gasteiger charge is -2.18. The average Bonchev–Trinajstić information content (AvgIpc) is 3.41. The van der Waals surface area contributed by atoms with Gasteiger partial charge in [-0.3, -0.25) is 4.79 Å². The summed E-state index contributed by atoms with van der Waals surface area (Å²) in [5.41, 5.74) is 4.72. The number of fused-ring (bicyclic) bond motifs is 3. The molecule has 3 unspecified atom stereocenters. The Kier molecular flexibility index (Phi) is 8.06. The number of ether oxygens (including phenoxy) is 1. The summed E-state index contributed by atoms with van der Waals surface area (Å²) < 4.78 is 5.64. The van der Waals surface area contributed by atoms with Gasteiger partial charge in [-0.1, -0.05) is 68.3 Å². The van der Waals surface area contributed by atoms with E-state index in [4.69, 9.17) is 4.74 Å². The number of carbonyl (C=O) groups is 3. The summed E-state index contributed by atoms with van der Waals surface area (Å²) >= 11 is 0. The van der Waals surface area contributed by atoms with Crippen LogP contribution in [0.1, 0.15) is 68.9 Å². The zero-order chi connectivity index (χ0) is 24.8. The number of rotatable bonds is 10. The molecule has 0 spiro atoms. The number of nitrogens with one attached hydrogen (secondary N) is 2. The first-order chi connectivity index (χ1) is 17.0. The van der Waals surface area contributed by atoms with E-state index in [1.807, 2.05) is 31.2 Å². The molecule has 0 bridgehead atoms. The van der Waals surface area contributed by atoms with E-state index >= 15 is 0 Å². The fourth-order valence-electron chi connectivity index (χ4n) is 5.38. The molecule has 4 rings (SSSR count). The molecule has 0 saturated heterocycles. The van der Waals surface area contributed by atoms with Gasteiger partial charge in [-0.2, -0.15) is 0 Å². The smallest absolute Gasteiger partial charge is 0.407 e. The number of amides is 2. The minimum absolute atomic E-state index is 0.0167. The SMILES string of the molecule is CCCCC(NC(=O)CC1CCC(NC(=O)OCC2c3ccccc3-c3ccccc32)C1)C(=O)O. The Morgan fingerprint density at radius 1 is 1.03 bits per heavy atom. The molecular formula is C28H34N2O5. The lowest BCUT2D eigenvalue weighted by atomic mass is 9.98. The highest BCUT2D eigenvalue weighted by molar-refractivity contribution is 5.83. The van der Waals surface area contributed by atoms with Crippen LogP contribution in [0.3, 0.4) is 0 Å². The Labute approximate surface area is 206 Å². The van der Waals surface area contributed by atoms with Crippen LogP contribution in [0.5, 0.6) is 0 Å². The Morgan fingerprint density at radius 2 is 1.69 bits per heavy atom. The van der Waals surface area contributed by atoms with Gasteiger partial charge in [0.25, 0.3) is 0 Å². The standard InChI is InChI=1S/C28H34N2O5/c1-2-3-12-25(27(32)33)30-26(31)16-18-13-14-19(15-18)29-28(34)35-17-24-22-10-6-4-8-20(22)21-9-5-7-11-23(21)24/h4-11,18-19,24-25H,2-3,12-17H2,1H3,(H,29,34)(H,30,31)(H,32,33). The molecule has 186 valence electrons. The molecule has 1 fully saturated rings. The normalized spacial score (nSPS) is 19.5. The fraction of sp³-hybridized carbons (Fsp3) is 0.464. The van der Waals surface area contributed by atoms with Gasteiger partial charge >= 0.3 is 12.1 Å². The lowest BCUT2D eigenvalue weighted by molar-refractivity contribution is -0.142. The van der Waals surface area contributed by atoms with Crippen LogP contribution in [0.4, 0.5) is 4.79 Å². The summed E-state index contributed by atoms with van der Waals surface area (Å²) in [5, 5.41) is 14.9. The molecule has 7 heteroatoms. The predicted octanol–water partition coefficient (Wildman–Crippen LogP) is 4.84. The van der Waals surface area contributed by atoms with Gasteiger partial charge in [0.2, 0.25) is 5.91 Å². The van der Waals surface area contributed by atoms with E-state index in [1.54, 1.807) is 0 Å². The van der Waals surface area contributed by atoms with Crippen molar-refractivity contribution in [1.29, 1.82) is 0 Å². The van der Waals surface area contributed by atoms with Crippen molar-refractivity contribution in [1.82, 2.24) is 10.6 Å². The summed E-state index contributed by atoms with van der Waals surface area (Å²) in [5.74, 6) is -1.09. The highest BCUT2D eigenvalue weighted by atomic mass is 16.5. The maximum atomic E-state index is 12.6. The van der Waals surface area contributed by atoms with Crippen LogP contribution in [0.2, 0.25) is 0 Å². The van der Waals surface area contributed by atoms with Crippen LogP contribution in [0, 0.1) is 5.92 Å². The molecule has 2 amide bonds. The van der Waals surface area contributed by atoms with Crippen molar-refractivity contribution in [2.75, 3.05) is 6.61 Å². The van der Waals surface area contributed by atoms with Crippen LogP contribution in [0.25, 0.3) is 11.1 Å². The minimum Gasteiger partial charge on any atom is -0.480 e. The highest BCUT2D eigenvalue weighted by Crippen LogP contribution is 2.44. The van der Waals surface area contributed by atoms with Gasteiger partial charge in [-0.15, -0.1) is 0 Å². The van der Waals surface area contributed by atoms with E-state index in [2.05, 4.69) is 34.9 Å². The van der Waals surface area contributed by atoms with Gasteiger partial charge in [0, 0.05) is 18.4 Å². The van der Waals surface area contributed by atoms with Crippen LogP contribution >= 0.6 is 0 Å². The van der Waals surface area contributed by atoms with E-state index < -0.39 is 18.1 Å². The number of alkyl carbamates (subject to hydrolysis) is 1. The Balaban J connectivity index is 1.24. The Bertz CT molecular complexity index is 1020. The molecule has 0 aliphatic heterocycles. The van der Waals surface area contributed by atoms with Crippen molar-refractivity contribution < 1.29 is 24.2 Å². The molecule has 0 aromatic heterocycles. The maximum absolute atomic E-state index is 12.6. The number of unbranched alkanes of at least 4 members (excludes halogenated alkanes) is 1. The van der Waals surface area contributed by atoms with Crippen molar-refractivity contribution in [2.24, 2.45) is 5.92 Å². The van der Waals surface area contributed by atoms with Crippen molar-refractivity contribution in [3.63, 3.8) is 0 Å². The van der Waals surface area contributed by atoms with Crippen LogP contribution in [-0.2, 0) is 14.3 Å². The first kappa shape index (κ1) is 24.8. The number of benzene rings is 2. The maximum Gasteiger partial charge on any atom is 0.407 e. The quantitative estimate of drug-likeness (QED) is 0.453. The van der Waals surface area contributed by atoms with Gasteiger partial charge < -0.3 is 20.5 Å². The monoisotopic (exact) mass is 478 g/mol. The van der Waals surface area contributed by atoms with Crippen LogP contribution < -0.4 is 10.6 Å². The van der Waals surface area contributed by atoms with Gasteiger partial charge in [0.1, 0.15) is 12.6 Å². The Hall–Kier alpha value is -3.35. The van der Waals surface area contributed by atoms with Crippen molar-refractivity contribution in [3.05, 3.63) is 59.7 Å². The molecule has 2 aliphatic carbocycles. The second-order valence-corrected chi connectivity index (χ2v) is 9.65. The summed E-state index contributed by atoms with van der Waals surface area (Å²) in [7, 11) is 0. The van der Waals surface area contributed by atoms with E-state index in [0.29, 0.717) is 12.8 Å². The third-order valence-electron chi connectivity index (χ3n) is 7.16. The number of carboxylic acid groups (broad SMARTS) is 1. The number of hydrogen-bond acceptors (Lipinski definition) is 4. The number of carboxylic acids is 1. The Morgan fingerprint density at radius 3 is 2.31 bits per heavy atom. The second-order valence-electron chi connectivity index (χ2n) is 9.65. The zero-order valence-electron chi connectivity index (χ0n) is 20.2. The van der Waals surface area contributed by atoms with E-state index in [-0.39, 0.29) is 36.8 Å². The molecule has 3 atom stereocenters. The van der Waals surface area contributed by atoms with Gasteiger partial charge in [0.05, 0.1) is 0 Å². The van der Waals surface area contributed by atoms with Crippen molar-refractivity contribution >= 4 is 18.0 Å². The molecule has 35 heavy (non-hydrogen) atoms. The first-order valence-corrected chi connectivity index (χ1v) is 12.6. The largest absolute Gasteiger partial charge is 0.480 e. The number of hydrogen-bond donors (Lipinski definition) is 3. The highest BCUT2D eigenvalue weighted by Gasteiger charge is 2.31. The predicted molar refractivity (Wildman–Crippen MR) is 133 cm³/mol.